The van der Waals surface area contributed by atoms with Gasteiger partial charge in [-0.1, -0.05) is 15.9 Å². The molecule has 0 atom stereocenters. The Morgan fingerprint density at radius 3 is 2.93 bits per heavy atom. The first-order valence-corrected chi connectivity index (χ1v) is 6.34. The van der Waals surface area contributed by atoms with Crippen molar-refractivity contribution >= 4 is 15.9 Å². The zero-order valence-corrected chi connectivity index (χ0v) is 9.87. The van der Waals surface area contributed by atoms with Crippen LogP contribution in [0.3, 0.4) is 0 Å². The second-order valence-corrected chi connectivity index (χ2v) is 4.62. The Kier molecular flexibility index (Phi) is 3.65. The topological polar surface area (TPSA) is 16.4 Å². The van der Waals surface area contributed by atoms with Crippen molar-refractivity contribution < 1.29 is 4.42 Å². The summed E-state index contributed by atoms with van der Waals surface area (Å²) in [6.45, 7) is 2.15. The molecule has 0 aliphatic heterocycles. The van der Waals surface area contributed by atoms with Crippen LogP contribution in [-0.4, -0.2) is 22.8 Å². The van der Waals surface area contributed by atoms with E-state index in [2.05, 4.69) is 26.9 Å². The lowest BCUT2D eigenvalue weighted by atomic mass is 10.3. The predicted molar refractivity (Wildman–Crippen MR) is 60.6 cm³/mol. The molecule has 1 aromatic rings. The van der Waals surface area contributed by atoms with Gasteiger partial charge in [-0.25, -0.2) is 0 Å². The zero-order valence-electron chi connectivity index (χ0n) is 8.29. The van der Waals surface area contributed by atoms with Crippen LogP contribution < -0.4 is 0 Å². The highest BCUT2D eigenvalue weighted by Crippen LogP contribution is 2.28. The third-order valence-corrected chi connectivity index (χ3v) is 3.14. The molecule has 0 saturated heterocycles. The highest BCUT2D eigenvalue weighted by atomic mass is 79.9. The molecular weight excluding hydrogens is 242 g/mol. The summed E-state index contributed by atoms with van der Waals surface area (Å²) in [6, 6.07) is 4.84. The molecule has 2 rings (SSSR count). The second-order valence-electron chi connectivity index (χ2n) is 3.82. The Balaban J connectivity index is 1.84. The van der Waals surface area contributed by atoms with E-state index in [1.54, 1.807) is 6.26 Å². The van der Waals surface area contributed by atoms with Gasteiger partial charge in [-0.05, 0) is 37.9 Å². The van der Waals surface area contributed by atoms with E-state index in [1.165, 1.54) is 25.8 Å². The number of rotatable bonds is 6. The van der Waals surface area contributed by atoms with Crippen LogP contribution in [0.15, 0.2) is 22.8 Å². The summed E-state index contributed by atoms with van der Waals surface area (Å²) in [7, 11) is 0. The maximum atomic E-state index is 5.37. The monoisotopic (exact) mass is 257 g/mol. The van der Waals surface area contributed by atoms with Gasteiger partial charge in [-0.15, -0.1) is 0 Å². The van der Waals surface area contributed by atoms with Gasteiger partial charge in [-0.3, -0.25) is 4.90 Å². The quantitative estimate of drug-likeness (QED) is 0.729. The van der Waals surface area contributed by atoms with Crippen molar-refractivity contribution in [3.63, 3.8) is 0 Å². The van der Waals surface area contributed by atoms with Gasteiger partial charge in [0.1, 0.15) is 5.76 Å². The van der Waals surface area contributed by atoms with Gasteiger partial charge in [-0.2, -0.15) is 0 Å². The Labute approximate surface area is 93.4 Å². The molecule has 0 radical (unpaired) electrons. The number of alkyl halides is 1. The normalized spacial score (nSPS) is 16.4. The molecule has 3 heteroatoms. The van der Waals surface area contributed by atoms with Crippen molar-refractivity contribution in [1.29, 1.82) is 0 Å². The standard InChI is InChI=1S/C11H16BrNO/c12-6-2-7-13(10-4-5-10)9-11-3-1-8-14-11/h1,3,8,10H,2,4-7,9H2. The van der Waals surface area contributed by atoms with Crippen LogP contribution >= 0.6 is 15.9 Å². The molecule has 1 fully saturated rings. The van der Waals surface area contributed by atoms with Crippen LogP contribution in [0.4, 0.5) is 0 Å². The number of hydrogen-bond acceptors (Lipinski definition) is 2. The minimum Gasteiger partial charge on any atom is -0.468 e. The summed E-state index contributed by atoms with van der Waals surface area (Å²) < 4.78 is 5.37. The highest BCUT2D eigenvalue weighted by molar-refractivity contribution is 9.09. The van der Waals surface area contributed by atoms with Crippen LogP contribution in [-0.2, 0) is 6.54 Å². The van der Waals surface area contributed by atoms with Gasteiger partial charge in [0.25, 0.3) is 0 Å². The van der Waals surface area contributed by atoms with Gasteiger partial charge in [0.15, 0.2) is 0 Å². The number of nitrogens with zero attached hydrogens (tertiary/aromatic N) is 1. The van der Waals surface area contributed by atoms with E-state index in [0.29, 0.717) is 0 Å². The molecular formula is C11H16BrNO. The Bertz CT molecular complexity index is 256. The minimum absolute atomic E-state index is 0.819. The Morgan fingerprint density at radius 1 is 1.50 bits per heavy atom. The molecule has 1 aromatic heterocycles. The largest absolute Gasteiger partial charge is 0.468 e. The summed E-state index contributed by atoms with van der Waals surface area (Å²) in [5, 5.41) is 1.09. The smallest absolute Gasteiger partial charge is 0.117 e. The molecule has 0 unspecified atom stereocenters. The summed E-state index contributed by atoms with van der Waals surface area (Å²) in [5.41, 5.74) is 0. The molecule has 1 aliphatic carbocycles. The van der Waals surface area contributed by atoms with Crippen molar-refractivity contribution in [2.75, 3.05) is 11.9 Å². The molecule has 2 nitrogen and oxygen atoms in total. The average Bonchev–Trinajstić information content (AvgIpc) is 2.92. The molecule has 14 heavy (non-hydrogen) atoms. The van der Waals surface area contributed by atoms with E-state index < -0.39 is 0 Å². The lowest BCUT2D eigenvalue weighted by molar-refractivity contribution is 0.235. The predicted octanol–water partition coefficient (Wildman–Crippen LogP) is 3.03. The Hall–Kier alpha value is -0.280. The van der Waals surface area contributed by atoms with Gasteiger partial charge < -0.3 is 4.42 Å². The van der Waals surface area contributed by atoms with Gasteiger partial charge in [0.05, 0.1) is 12.8 Å². The summed E-state index contributed by atoms with van der Waals surface area (Å²) in [6.07, 6.45) is 5.70. The first-order valence-electron chi connectivity index (χ1n) is 5.22. The molecule has 1 heterocycles. The molecule has 1 aliphatic rings. The van der Waals surface area contributed by atoms with E-state index in [9.17, 15) is 0 Å². The molecule has 1 saturated carbocycles. The van der Waals surface area contributed by atoms with E-state index in [-0.39, 0.29) is 0 Å². The first kappa shape index (κ1) is 10.2. The average molecular weight is 258 g/mol. The van der Waals surface area contributed by atoms with Gasteiger partial charge in [0, 0.05) is 11.4 Å². The lowest BCUT2D eigenvalue weighted by Crippen LogP contribution is -2.26. The van der Waals surface area contributed by atoms with Crippen LogP contribution in [0.25, 0.3) is 0 Å². The fourth-order valence-corrected chi connectivity index (χ4v) is 1.95. The van der Waals surface area contributed by atoms with Crippen molar-refractivity contribution in [2.24, 2.45) is 0 Å². The maximum absolute atomic E-state index is 5.37. The van der Waals surface area contributed by atoms with Crippen molar-refractivity contribution in [2.45, 2.75) is 31.8 Å². The maximum Gasteiger partial charge on any atom is 0.117 e. The van der Waals surface area contributed by atoms with Crippen LogP contribution in [0.1, 0.15) is 25.0 Å². The highest BCUT2D eigenvalue weighted by Gasteiger charge is 2.28. The van der Waals surface area contributed by atoms with Gasteiger partial charge in [0.2, 0.25) is 0 Å². The molecule has 0 N–H and O–H groups in total. The first-order chi connectivity index (χ1) is 6.90. The van der Waals surface area contributed by atoms with Crippen LogP contribution in [0.5, 0.6) is 0 Å². The lowest BCUT2D eigenvalue weighted by Gasteiger charge is -2.19. The molecule has 0 bridgehead atoms. The summed E-state index contributed by atoms with van der Waals surface area (Å²) >= 11 is 3.48. The fraction of sp³-hybridized carbons (Fsp3) is 0.636. The van der Waals surface area contributed by atoms with E-state index >= 15 is 0 Å². The molecule has 0 aromatic carbocycles. The molecule has 0 spiro atoms. The SMILES string of the molecule is BrCCCN(Cc1ccco1)C1CC1. The number of hydrogen-bond donors (Lipinski definition) is 0. The van der Waals surface area contributed by atoms with Crippen molar-refractivity contribution in [3.8, 4) is 0 Å². The third-order valence-electron chi connectivity index (χ3n) is 2.58. The Morgan fingerprint density at radius 2 is 2.36 bits per heavy atom. The van der Waals surface area contributed by atoms with E-state index in [1.807, 2.05) is 6.07 Å². The fourth-order valence-electron chi connectivity index (χ4n) is 1.70. The van der Waals surface area contributed by atoms with E-state index in [4.69, 9.17) is 4.42 Å². The van der Waals surface area contributed by atoms with Crippen molar-refractivity contribution in [3.05, 3.63) is 24.2 Å². The molecule has 78 valence electrons. The van der Waals surface area contributed by atoms with Gasteiger partial charge >= 0.3 is 0 Å². The summed E-state index contributed by atoms with van der Waals surface area (Å²) in [4.78, 5) is 2.53. The minimum atomic E-state index is 0.819. The number of furan rings is 1. The second kappa shape index (κ2) is 4.99. The molecule has 0 amide bonds. The zero-order chi connectivity index (χ0) is 9.80. The summed E-state index contributed by atoms with van der Waals surface area (Å²) in [5.74, 6) is 1.09. The third kappa shape index (κ3) is 2.85. The van der Waals surface area contributed by atoms with Crippen LogP contribution in [0.2, 0.25) is 0 Å². The van der Waals surface area contributed by atoms with E-state index in [0.717, 1.165) is 23.7 Å². The number of halogens is 1. The van der Waals surface area contributed by atoms with Crippen LogP contribution in [0, 0.1) is 0 Å². The van der Waals surface area contributed by atoms with Crippen molar-refractivity contribution in [1.82, 2.24) is 4.90 Å².